The van der Waals surface area contributed by atoms with Gasteiger partial charge >= 0.3 is 5.97 Å². The van der Waals surface area contributed by atoms with Gasteiger partial charge in [-0.3, -0.25) is 14.8 Å². The van der Waals surface area contributed by atoms with Gasteiger partial charge in [-0.15, -0.1) is 0 Å². The van der Waals surface area contributed by atoms with Crippen LogP contribution >= 0.6 is 0 Å². The molecule has 0 fully saturated rings. The Bertz CT molecular complexity index is 1170. The first kappa shape index (κ1) is 21.9. The highest BCUT2D eigenvalue weighted by Gasteiger charge is 2.17. The van der Waals surface area contributed by atoms with E-state index in [2.05, 4.69) is 9.98 Å². The van der Waals surface area contributed by atoms with E-state index < -0.39 is 5.97 Å². The Morgan fingerprint density at radius 3 is 2.42 bits per heavy atom. The van der Waals surface area contributed by atoms with Crippen molar-refractivity contribution in [3.63, 3.8) is 0 Å². The van der Waals surface area contributed by atoms with Crippen LogP contribution in [0.4, 0.5) is 0 Å². The molecular weight excluding hydrogens is 398 g/mol. The van der Waals surface area contributed by atoms with Crippen LogP contribution in [0.3, 0.4) is 0 Å². The van der Waals surface area contributed by atoms with Gasteiger partial charge in [0.15, 0.2) is 5.78 Å². The fourth-order valence-corrected chi connectivity index (χ4v) is 3.35. The number of Topliss-reactive ketones (excluding diaryl/α,β-unsaturated/α-hetero) is 1. The van der Waals surface area contributed by atoms with E-state index in [1.807, 2.05) is 26.0 Å². The molecule has 0 saturated heterocycles. The number of pyridine rings is 1. The van der Waals surface area contributed by atoms with Crippen LogP contribution in [0.1, 0.15) is 48.9 Å². The minimum absolute atomic E-state index is 0.0900. The van der Waals surface area contributed by atoms with Crippen LogP contribution in [0, 0.1) is 20.8 Å². The number of aliphatic imine (C=N–C) groups is 1. The number of carboxylic acids is 1. The number of aliphatic hydroxyl groups excluding tert-OH is 1. The largest absolute Gasteiger partial charge is 0.505 e. The number of hydrogen-bond donors (Lipinski definition) is 3. The average molecular weight is 421 g/mol. The van der Waals surface area contributed by atoms with Crippen molar-refractivity contribution >= 4 is 18.0 Å². The Balaban J connectivity index is 1.92. The zero-order valence-corrected chi connectivity index (χ0v) is 17.5. The van der Waals surface area contributed by atoms with Crippen molar-refractivity contribution < 1.29 is 24.9 Å². The van der Waals surface area contributed by atoms with Gasteiger partial charge in [-0.05, 0) is 45.0 Å². The Labute approximate surface area is 179 Å². The fraction of sp³-hybridized carbons (Fsp3) is 0.217. The summed E-state index contributed by atoms with van der Waals surface area (Å²) >= 11 is 0. The number of nitrogens with zero attached hydrogens (tertiary/aromatic N) is 3. The first-order chi connectivity index (χ1) is 14.7. The van der Waals surface area contributed by atoms with Crippen LogP contribution in [-0.4, -0.2) is 49.4 Å². The molecule has 1 aromatic carbocycles. The summed E-state index contributed by atoms with van der Waals surface area (Å²) in [5.41, 5.74) is 3.61. The van der Waals surface area contributed by atoms with E-state index in [9.17, 15) is 24.9 Å². The zero-order valence-electron chi connectivity index (χ0n) is 17.5. The molecule has 0 aliphatic rings. The second kappa shape index (κ2) is 8.93. The number of hydrogen-bond acceptors (Lipinski definition) is 6. The Hall–Kier alpha value is -3.78. The van der Waals surface area contributed by atoms with E-state index in [0.29, 0.717) is 28.1 Å². The maximum Gasteiger partial charge on any atom is 0.337 e. The molecule has 3 aromatic rings. The molecule has 0 amide bonds. The first-order valence-electron chi connectivity index (χ1n) is 9.58. The lowest BCUT2D eigenvalue weighted by Gasteiger charge is -2.14. The number of aromatic hydroxyl groups is 1. The molecule has 0 aliphatic heterocycles. The van der Waals surface area contributed by atoms with Gasteiger partial charge < -0.3 is 19.9 Å². The van der Waals surface area contributed by atoms with Gasteiger partial charge in [0, 0.05) is 40.5 Å². The molecule has 2 heterocycles. The van der Waals surface area contributed by atoms with Crippen molar-refractivity contribution in [2.75, 3.05) is 6.54 Å². The molecule has 8 heteroatoms. The summed E-state index contributed by atoms with van der Waals surface area (Å²) in [5, 5.41) is 29.2. The molecule has 2 aromatic heterocycles. The molecule has 0 unspecified atom stereocenters. The Morgan fingerprint density at radius 2 is 1.81 bits per heavy atom. The number of aromatic nitrogens is 2. The number of carbonyl (C=O) groups excluding carboxylic acids is 1. The first-order valence-corrected chi connectivity index (χ1v) is 9.58. The predicted molar refractivity (Wildman–Crippen MR) is 116 cm³/mol. The number of aromatic carboxylic acids is 1. The number of carboxylic acid groups (broad SMARTS) is 1. The standard InChI is InChI=1S/C23H23N3O5/c1-13-4-5-14(2)26(13)20-8-16(6-7-18(20)23(30)31)21(28)11-24-10-19-17(12-27)9-25-15(3)22(19)29/h4-10,27,29H,11-12H2,1-3H3,(H,30,31). The molecule has 3 rings (SSSR count). The Kier molecular flexibility index (Phi) is 6.31. The summed E-state index contributed by atoms with van der Waals surface area (Å²) in [5.74, 6) is -1.50. The van der Waals surface area contributed by atoms with Crippen molar-refractivity contribution in [2.24, 2.45) is 4.99 Å². The van der Waals surface area contributed by atoms with E-state index in [1.165, 1.54) is 24.5 Å². The number of aliphatic hydroxyl groups is 1. The maximum absolute atomic E-state index is 12.7. The van der Waals surface area contributed by atoms with E-state index in [4.69, 9.17) is 0 Å². The van der Waals surface area contributed by atoms with Gasteiger partial charge in [-0.1, -0.05) is 6.07 Å². The lowest BCUT2D eigenvalue weighted by Crippen LogP contribution is -2.11. The van der Waals surface area contributed by atoms with E-state index in [-0.39, 0.29) is 30.2 Å². The van der Waals surface area contributed by atoms with Crippen LogP contribution < -0.4 is 0 Å². The number of aryl methyl sites for hydroxylation is 3. The summed E-state index contributed by atoms with van der Waals surface area (Å²) in [6, 6.07) is 8.18. The lowest BCUT2D eigenvalue weighted by molar-refractivity contribution is 0.0696. The number of ketones is 1. The molecule has 160 valence electrons. The van der Waals surface area contributed by atoms with Crippen LogP contribution in [0.15, 0.2) is 41.5 Å². The molecule has 0 bridgehead atoms. The topological polar surface area (TPSA) is 125 Å². The van der Waals surface area contributed by atoms with Crippen molar-refractivity contribution in [1.82, 2.24) is 9.55 Å². The molecule has 0 radical (unpaired) electrons. The highest BCUT2D eigenvalue weighted by Crippen LogP contribution is 2.24. The monoisotopic (exact) mass is 421 g/mol. The van der Waals surface area contributed by atoms with Crippen molar-refractivity contribution in [3.8, 4) is 11.4 Å². The highest BCUT2D eigenvalue weighted by molar-refractivity contribution is 6.01. The third-order valence-electron chi connectivity index (χ3n) is 5.05. The highest BCUT2D eigenvalue weighted by atomic mass is 16.4. The van der Waals surface area contributed by atoms with Gasteiger partial charge in [0.25, 0.3) is 0 Å². The summed E-state index contributed by atoms with van der Waals surface area (Å²) < 4.78 is 1.79. The number of rotatable bonds is 7. The minimum atomic E-state index is -1.08. The van der Waals surface area contributed by atoms with E-state index >= 15 is 0 Å². The molecule has 31 heavy (non-hydrogen) atoms. The lowest BCUT2D eigenvalue weighted by atomic mass is 10.0. The van der Waals surface area contributed by atoms with E-state index in [0.717, 1.165) is 11.4 Å². The van der Waals surface area contributed by atoms with Crippen LogP contribution in [-0.2, 0) is 6.61 Å². The Morgan fingerprint density at radius 1 is 1.13 bits per heavy atom. The smallest absolute Gasteiger partial charge is 0.337 e. The zero-order chi connectivity index (χ0) is 22.7. The number of benzene rings is 1. The average Bonchev–Trinajstić information content (AvgIpc) is 3.08. The minimum Gasteiger partial charge on any atom is -0.505 e. The summed E-state index contributed by atoms with van der Waals surface area (Å²) in [6.07, 6.45) is 2.77. The van der Waals surface area contributed by atoms with Gasteiger partial charge in [0.2, 0.25) is 0 Å². The van der Waals surface area contributed by atoms with E-state index in [1.54, 1.807) is 17.6 Å². The van der Waals surface area contributed by atoms with Crippen LogP contribution in [0.5, 0.6) is 5.75 Å². The number of carbonyl (C=O) groups is 2. The molecule has 3 N–H and O–H groups in total. The summed E-state index contributed by atoms with van der Waals surface area (Å²) in [6.45, 7) is 4.81. The maximum atomic E-state index is 12.7. The predicted octanol–water partition coefficient (Wildman–Crippen LogP) is 3.00. The molecule has 8 nitrogen and oxygen atoms in total. The second-order valence-corrected chi connectivity index (χ2v) is 7.17. The molecular formula is C23H23N3O5. The van der Waals surface area contributed by atoms with Crippen LogP contribution in [0.2, 0.25) is 0 Å². The van der Waals surface area contributed by atoms with Gasteiger partial charge in [0.05, 0.1) is 23.6 Å². The van der Waals surface area contributed by atoms with Gasteiger partial charge in [-0.2, -0.15) is 0 Å². The second-order valence-electron chi connectivity index (χ2n) is 7.17. The SMILES string of the molecule is Cc1ncc(CO)c(C=NCC(=O)c2ccc(C(=O)O)c(-n3c(C)ccc3C)c2)c1O. The molecule has 0 aliphatic carbocycles. The quantitative estimate of drug-likeness (QED) is 0.398. The van der Waals surface area contributed by atoms with Gasteiger partial charge in [-0.25, -0.2) is 4.79 Å². The van der Waals surface area contributed by atoms with Gasteiger partial charge in [0.1, 0.15) is 12.3 Å². The van der Waals surface area contributed by atoms with Crippen molar-refractivity contribution in [1.29, 1.82) is 0 Å². The third kappa shape index (κ3) is 4.39. The van der Waals surface area contributed by atoms with Crippen LogP contribution in [0.25, 0.3) is 5.69 Å². The summed E-state index contributed by atoms with van der Waals surface area (Å²) in [7, 11) is 0. The normalized spacial score (nSPS) is 11.2. The molecule has 0 atom stereocenters. The summed E-state index contributed by atoms with van der Waals surface area (Å²) in [4.78, 5) is 32.5. The van der Waals surface area contributed by atoms with Crippen molar-refractivity contribution in [2.45, 2.75) is 27.4 Å². The van der Waals surface area contributed by atoms with Crippen molar-refractivity contribution in [3.05, 3.63) is 75.9 Å². The molecule has 0 spiro atoms. The molecule has 0 saturated carbocycles. The fourth-order valence-electron chi connectivity index (χ4n) is 3.35. The third-order valence-corrected chi connectivity index (χ3v) is 5.05.